The lowest BCUT2D eigenvalue weighted by Gasteiger charge is -2.41. The van der Waals surface area contributed by atoms with Crippen LogP contribution in [0.4, 0.5) is 0 Å². The summed E-state index contributed by atoms with van der Waals surface area (Å²) in [5.74, 6) is 0.441. The lowest BCUT2D eigenvalue weighted by molar-refractivity contribution is 0.102. The van der Waals surface area contributed by atoms with Gasteiger partial charge in [-0.25, -0.2) is 0 Å². The largest absolute Gasteiger partial charge is 0.330 e. The molecule has 1 aliphatic rings. The summed E-state index contributed by atoms with van der Waals surface area (Å²) in [6.07, 6.45) is 2.35. The first kappa shape index (κ1) is 14.1. The lowest BCUT2D eigenvalue weighted by atomic mass is 9.84. The van der Waals surface area contributed by atoms with Gasteiger partial charge in [-0.05, 0) is 50.5 Å². The van der Waals surface area contributed by atoms with Crippen LogP contribution in [0.25, 0.3) is 0 Å². The standard InChI is InChI=1S/C14H20Cl2N2/c1-2-18-8-4-5-10(9-17)14(18)13-11(15)6-3-7-12(13)16/h3,6-7,10,14H,2,4-5,8-9,17H2,1H3. The van der Waals surface area contributed by atoms with Crippen LogP contribution in [-0.2, 0) is 0 Å². The predicted molar refractivity (Wildman–Crippen MR) is 78.2 cm³/mol. The van der Waals surface area contributed by atoms with Gasteiger partial charge in [0.05, 0.1) is 0 Å². The second-order valence-electron chi connectivity index (χ2n) is 4.85. The Morgan fingerprint density at radius 3 is 2.56 bits per heavy atom. The van der Waals surface area contributed by atoms with E-state index in [1.54, 1.807) is 0 Å². The van der Waals surface area contributed by atoms with Crippen molar-refractivity contribution in [2.24, 2.45) is 11.7 Å². The molecule has 0 bridgehead atoms. The normalized spacial score (nSPS) is 25.3. The molecule has 1 fully saturated rings. The molecule has 1 aromatic carbocycles. The van der Waals surface area contributed by atoms with Gasteiger partial charge < -0.3 is 5.73 Å². The van der Waals surface area contributed by atoms with Crippen molar-refractivity contribution in [2.75, 3.05) is 19.6 Å². The topological polar surface area (TPSA) is 29.3 Å². The van der Waals surface area contributed by atoms with Gasteiger partial charge in [0.2, 0.25) is 0 Å². The summed E-state index contributed by atoms with van der Waals surface area (Å²) in [7, 11) is 0. The van der Waals surface area contributed by atoms with Gasteiger partial charge in [0.25, 0.3) is 0 Å². The number of piperidine rings is 1. The first-order valence-electron chi connectivity index (χ1n) is 6.57. The molecule has 1 aromatic rings. The van der Waals surface area contributed by atoms with Crippen molar-refractivity contribution in [2.45, 2.75) is 25.8 Å². The van der Waals surface area contributed by atoms with Crippen molar-refractivity contribution in [1.82, 2.24) is 4.90 Å². The van der Waals surface area contributed by atoms with Gasteiger partial charge in [0.1, 0.15) is 0 Å². The molecule has 18 heavy (non-hydrogen) atoms. The Hall–Kier alpha value is -0.280. The van der Waals surface area contributed by atoms with E-state index < -0.39 is 0 Å². The van der Waals surface area contributed by atoms with Crippen LogP contribution in [0, 0.1) is 5.92 Å². The predicted octanol–water partition coefficient (Wildman–Crippen LogP) is 3.73. The van der Waals surface area contributed by atoms with Crippen molar-refractivity contribution >= 4 is 23.2 Å². The summed E-state index contributed by atoms with van der Waals surface area (Å²) in [6.45, 7) is 4.96. The molecule has 2 unspecified atom stereocenters. The van der Waals surface area contributed by atoms with Crippen LogP contribution in [0.5, 0.6) is 0 Å². The zero-order valence-electron chi connectivity index (χ0n) is 10.7. The summed E-state index contributed by atoms with van der Waals surface area (Å²) < 4.78 is 0. The van der Waals surface area contributed by atoms with Crippen LogP contribution in [0.2, 0.25) is 10.0 Å². The number of benzene rings is 1. The minimum absolute atomic E-state index is 0.259. The minimum Gasteiger partial charge on any atom is -0.330 e. The van der Waals surface area contributed by atoms with E-state index in [1.807, 2.05) is 18.2 Å². The summed E-state index contributed by atoms with van der Waals surface area (Å²) in [4.78, 5) is 2.44. The van der Waals surface area contributed by atoms with Crippen LogP contribution in [0.1, 0.15) is 31.4 Å². The highest BCUT2D eigenvalue weighted by Gasteiger charge is 2.33. The monoisotopic (exact) mass is 286 g/mol. The Labute approximate surface area is 119 Å². The molecule has 2 N–H and O–H groups in total. The van der Waals surface area contributed by atoms with E-state index in [1.165, 1.54) is 6.42 Å². The number of nitrogens with two attached hydrogens (primary N) is 1. The molecular weight excluding hydrogens is 267 g/mol. The quantitative estimate of drug-likeness (QED) is 0.918. The van der Waals surface area contributed by atoms with Crippen molar-refractivity contribution < 1.29 is 0 Å². The van der Waals surface area contributed by atoms with E-state index in [0.29, 0.717) is 12.5 Å². The van der Waals surface area contributed by atoms with Gasteiger partial charge in [0.15, 0.2) is 0 Å². The Morgan fingerprint density at radius 2 is 2.00 bits per heavy atom. The minimum atomic E-state index is 0.259. The highest BCUT2D eigenvalue weighted by molar-refractivity contribution is 6.36. The average Bonchev–Trinajstić information content (AvgIpc) is 2.38. The molecule has 100 valence electrons. The van der Waals surface area contributed by atoms with Gasteiger partial charge in [-0.2, -0.15) is 0 Å². The molecule has 0 amide bonds. The molecular formula is C14H20Cl2N2. The van der Waals surface area contributed by atoms with E-state index in [0.717, 1.165) is 35.1 Å². The van der Waals surface area contributed by atoms with Crippen molar-refractivity contribution in [3.8, 4) is 0 Å². The maximum absolute atomic E-state index is 6.36. The maximum Gasteiger partial charge on any atom is 0.0468 e. The summed E-state index contributed by atoms with van der Waals surface area (Å²) in [6, 6.07) is 5.98. The van der Waals surface area contributed by atoms with E-state index in [-0.39, 0.29) is 6.04 Å². The van der Waals surface area contributed by atoms with Crippen LogP contribution in [0.3, 0.4) is 0 Å². The average molecular weight is 287 g/mol. The third-order valence-electron chi connectivity index (χ3n) is 3.86. The molecule has 0 saturated carbocycles. The van der Waals surface area contributed by atoms with Gasteiger partial charge in [-0.3, -0.25) is 4.90 Å². The molecule has 2 atom stereocenters. The molecule has 1 saturated heterocycles. The van der Waals surface area contributed by atoms with E-state index in [2.05, 4.69) is 11.8 Å². The SMILES string of the molecule is CCN1CCCC(CN)C1c1c(Cl)cccc1Cl. The van der Waals surface area contributed by atoms with Gasteiger partial charge in [-0.15, -0.1) is 0 Å². The third-order valence-corrected chi connectivity index (χ3v) is 4.52. The molecule has 0 aliphatic carbocycles. The smallest absolute Gasteiger partial charge is 0.0468 e. The Balaban J connectivity index is 2.42. The summed E-state index contributed by atoms with van der Waals surface area (Å²) in [5.41, 5.74) is 6.99. The Morgan fingerprint density at radius 1 is 1.33 bits per heavy atom. The van der Waals surface area contributed by atoms with Crippen molar-refractivity contribution in [3.05, 3.63) is 33.8 Å². The first-order chi connectivity index (χ1) is 8.69. The molecule has 4 heteroatoms. The Kier molecular flexibility index (Phi) is 4.91. The molecule has 2 nitrogen and oxygen atoms in total. The fourth-order valence-corrected chi connectivity index (χ4v) is 3.59. The number of likely N-dealkylation sites (tertiary alicyclic amines) is 1. The molecule has 1 heterocycles. The molecule has 0 radical (unpaired) electrons. The van der Waals surface area contributed by atoms with Gasteiger partial charge in [0, 0.05) is 21.7 Å². The van der Waals surface area contributed by atoms with Gasteiger partial charge in [-0.1, -0.05) is 36.2 Å². The zero-order chi connectivity index (χ0) is 13.1. The second kappa shape index (κ2) is 6.25. The number of halogens is 2. The van der Waals surface area contributed by atoms with Crippen LogP contribution in [-0.4, -0.2) is 24.5 Å². The summed E-state index contributed by atoms with van der Waals surface area (Å²) in [5, 5.41) is 1.51. The number of hydrogen-bond acceptors (Lipinski definition) is 2. The third kappa shape index (κ3) is 2.67. The lowest BCUT2D eigenvalue weighted by Crippen LogP contribution is -2.41. The van der Waals surface area contributed by atoms with Crippen LogP contribution < -0.4 is 5.73 Å². The second-order valence-corrected chi connectivity index (χ2v) is 5.66. The van der Waals surface area contributed by atoms with Crippen LogP contribution in [0.15, 0.2) is 18.2 Å². The van der Waals surface area contributed by atoms with Gasteiger partial charge >= 0.3 is 0 Å². The van der Waals surface area contributed by atoms with Crippen LogP contribution >= 0.6 is 23.2 Å². The highest BCUT2D eigenvalue weighted by atomic mass is 35.5. The molecule has 1 aliphatic heterocycles. The number of hydrogen-bond donors (Lipinski definition) is 1. The van der Waals surface area contributed by atoms with E-state index >= 15 is 0 Å². The maximum atomic E-state index is 6.36. The Bertz CT molecular complexity index is 377. The number of nitrogens with zero attached hydrogens (tertiary/aromatic N) is 1. The van der Waals surface area contributed by atoms with E-state index in [4.69, 9.17) is 28.9 Å². The molecule has 2 rings (SSSR count). The molecule has 0 aromatic heterocycles. The fourth-order valence-electron chi connectivity index (χ4n) is 2.96. The summed E-state index contributed by atoms with van der Waals surface area (Å²) >= 11 is 12.7. The van der Waals surface area contributed by atoms with E-state index in [9.17, 15) is 0 Å². The molecule has 0 spiro atoms. The fraction of sp³-hybridized carbons (Fsp3) is 0.571. The first-order valence-corrected chi connectivity index (χ1v) is 7.32. The highest BCUT2D eigenvalue weighted by Crippen LogP contribution is 2.41. The van der Waals surface area contributed by atoms with Crippen molar-refractivity contribution in [1.29, 1.82) is 0 Å². The number of rotatable bonds is 3. The zero-order valence-corrected chi connectivity index (χ0v) is 12.2. The van der Waals surface area contributed by atoms with Crippen molar-refractivity contribution in [3.63, 3.8) is 0 Å².